The van der Waals surface area contributed by atoms with E-state index in [1.807, 2.05) is 31.2 Å². The van der Waals surface area contributed by atoms with Gasteiger partial charge in [-0.2, -0.15) is 9.36 Å². The van der Waals surface area contributed by atoms with Gasteiger partial charge in [-0.25, -0.2) is 4.79 Å². The lowest BCUT2D eigenvalue weighted by molar-refractivity contribution is -0.136. The second-order valence-corrected chi connectivity index (χ2v) is 5.29. The molecule has 0 spiro atoms. The van der Waals surface area contributed by atoms with Gasteiger partial charge in [-0.15, -0.1) is 0 Å². The number of ether oxygens (including phenoxy) is 2. The number of aromatic nitrogens is 2. The summed E-state index contributed by atoms with van der Waals surface area (Å²) in [7, 11) is 4.49. The number of hydrogen-bond donors (Lipinski definition) is 0. The van der Waals surface area contributed by atoms with E-state index >= 15 is 0 Å². The van der Waals surface area contributed by atoms with Crippen LogP contribution in [-0.4, -0.2) is 36.6 Å². The highest BCUT2D eigenvalue weighted by molar-refractivity contribution is 7.10. The number of hydrogen-bond acceptors (Lipinski definition) is 7. The van der Waals surface area contributed by atoms with E-state index in [0.29, 0.717) is 11.0 Å². The fraction of sp³-hybridized carbons (Fsp3) is 0.267. The van der Waals surface area contributed by atoms with Crippen LogP contribution in [-0.2, 0) is 14.3 Å². The molecule has 1 aromatic carbocycles. The normalized spacial score (nSPS) is 11.2. The fourth-order valence-electron chi connectivity index (χ4n) is 1.75. The maximum atomic E-state index is 11.8. The summed E-state index contributed by atoms with van der Waals surface area (Å²) in [5.74, 6) is 0.116. The van der Waals surface area contributed by atoms with Gasteiger partial charge >= 0.3 is 5.97 Å². The lowest BCUT2D eigenvalue weighted by Crippen LogP contribution is -2.24. The summed E-state index contributed by atoms with van der Waals surface area (Å²) in [6, 6.07) is 7.94. The van der Waals surface area contributed by atoms with Gasteiger partial charge in [0.2, 0.25) is 5.13 Å². The number of carbonyl (C=O) groups is 1. The molecule has 0 N–H and O–H groups in total. The summed E-state index contributed by atoms with van der Waals surface area (Å²) in [5, 5.41) is 0.573. The number of methoxy groups -OCH3 is 2. The van der Waals surface area contributed by atoms with E-state index in [0.717, 1.165) is 5.56 Å². The van der Waals surface area contributed by atoms with E-state index < -0.39 is 5.97 Å². The standard InChI is InChI=1S/C15H17N3O3S/c1-10-5-7-11(8-6-10)13-16-15(22-17-13)18(2)12(9-20-3)14(19)21-4/h5-9H,1-4H3. The molecule has 0 unspecified atom stereocenters. The molecule has 2 rings (SSSR count). The maximum absolute atomic E-state index is 11.8. The Hall–Kier alpha value is -2.41. The quantitative estimate of drug-likeness (QED) is 0.479. The molecule has 0 radical (unpaired) electrons. The minimum Gasteiger partial charge on any atom is -0.502 e. The second kappa shape index (κ2) is 7.04. The van der Waals surface area contributed by atoms with Crippen molar-refractivity contribution in [3.63, 3.8) is 0 Å². The molecule has 2 aromatic rings. The molecule has 6 nitrogen and oxygen atoms in total. The topological polar surface area (TPSA) is 64.6 Å². The Morgan fingerprint density at radius 1 is 1.27 bits per heavy atom. The van der Waals surface area contributed by atoms with Crippen LogP contribution in [0.2, 0.25) is 0 Å². The zero-order valence-corrected chi connectivity index (χ0v) is 13.7. The SMILES string of the molecule is COC=C(C(=O)OC)N(C)c1nc(-c2ccc(C)cc2)ns1. The molecule has 0 saturated carbocycles. The monoisotopic (exact) mass is 319 g/mol. The summed E-state index contributed by atoms with van der Waals surface area (Å²) >= 11 is 1.20. The first-order chi connectivity index (χ1) is 10.6. The number of anilines is 1. The minimum absolute atomic E-state index is 0.247. The molecule has 116 valence electrons. The van der Waals surface area contributed by atoms with E-state index in [1.54, 1.807) is 11.9 Å². The molecule has 0 amide bonds. The van der Waals surface area contributed by atoms with Gasteiger partial charge < -0.3 is 14.4 Å². The van der Waals surface area contributed by atoms with Crippen molar-refractivity contribution < 1.29 is 14.3 Å². The van der Waals surface area contributed by atoms with Gasteiger partial charge in [-0.3, -0.25) is 0 Å². The Morgan fingerprint density at radius 3 is 2.55 bits per heavy atom. The van der Waals surface area contributed by atoms with Crippen molar-refractivity contribution >= 4 is 22.6 Å². The Labute approximate surface area is 133 Å². The third-order valence-electron chi connectivity index (χ3n) is 3.00. The molecule has 1 aromatic heterocycles. The Morgan fingerprint density at radius 2 is 1.95 bits per heavy atom. The zero-order chi connectivity index (χ0) is 16.1. The van der Waals surface area contributed by atoms with Gasteiger partial charge in [-0.1, -0.05) is 29.8 Å². The molecule has 0 fully saturated rings. The van der Waals surface area contributed by atoms with Crippen LogP contribution < -0.4 is 4.90 Å². The van der Waals surface area contributed by atoms with Crippen molar-refractivity contribution in [1.82, 2.24) is 9.36 Å². The Kier molecular flexibility index (Phi) is 5.11. The number of nitrogens with zero attached hydrogens (tertiary/aromatic N) is 3. The van der Waals surface area contributed by atoms with Crippen LogP contribution in [0.4, 0.5) is 5.13 Å². The van der Waals surface area contributed by atoms with Crippen LogP contribution in [0.5, 0.6) is 0 Å². The van der Waals surface area contributed by atoms with Gasteiger partial charge in [0.25, 0.3) is 0 Å². The highest BCUT2D eigenvalue weighted by Gasteiger charge is 2.20. The van der Waals surface area contributed by atoms with E-state index in [4.69, 9.17) is 9.47 Å². The first kappa shape index (κ1) is 16.0. The van der Waals surface area contributed by atoms with Crippen molar-refractivity contribution in [3.05, 3.63) is 41.8 Å². The summed E-state index contributed by atoms with van der Waals surface area (Å²) in [6.45, 7) is 2.02. The Bertz CT molecular complexity index is 680. The van der Waals surface area contributed by atoms with Crippen LogP contribution in [0.25, 0.3) is 11.4 Å². The van der Waals surface area contributed by atoms with Crippen LogP contribution in [0.15, 0.2) is 36.2 Å². The lowest BCUT2D eigenvalue weighted by atomic mass is 10.1. The van der Waals surface area contributed by atoms with E-state index in [9.17, 15) is 4.79 Å². The van der Waals surface area contributed by atoms with Gasteiger partial charge in [0, 0.05) is 24.1 Å². The molecule has 0 aliphatic heterocycles. The number of carbonyl (C=O) groups excluding carboxylic acids is 1. The summed E-state index contributed by atoms with van der Waals surface area (Å²) in [6.07, 6.45) is 1.32. The second-order valence-electron chi connectivity index (χ2n) is 4.56. The molecule has 0 saturated heterocycles. The fourth-order valence-corrected chi connectivity index (χ4v) is 2.42. The van der Waals surface area contributed by atoms with E-state index in [2.05, 4.69) is 9.36 Å². The summed E-state index contributed by atoms with van der Waals surface area (Å²) in [5.41, 5.74) is 2.35. The molecular weight excluding hydrogens is 302 g/mol. The van der Waals surface area contributed by atoms with Gasteiger partial charge in [0.05, 0.1) is 14.2 Å². The maximum Gasteiger partial charge on any atom is 0.357 e. The third-order valence-corrected chi connectivity index (χ3v) is 3.79. The molecule has 0 aliphatic carbocycles. The molecule has 7 heteroatoms. The predicted molar refractivity (Wildman–Crippen MR) is 85.6 cm³/mol. The highest BCUT2D eigenvalue weighted by Crippen LogP contribution is 2.25. The number of aryl methyl sites for hydroxylation is 1. The van der Waals surface area contributed by atoms with Gasteiger partial charge in [0.15, 0.2) is 11.5 Å². The molecule has 0 aliphatic rings. The average Bonchev–Trinajstić information content (AvgIpc) is 3.02. The van der Waals surface area contributed by atoms with Crippen LogP contribution in [0.3, 0.4) is 0 Å². The number of benzene rings is 1. The van der Waals surface area contributed by atoms with Gasteiger partial charge in [0.1, 0.15) is 6.26 Å². The van der Waals surface area contributed by atoms with Crippen LogP contribution >= 0.6 is 11.5 Å². The number of rotatable bonds is 5. The summed E-state index contributed by atoms with van der Waals surface area (Å²) < 4.78 is 14.0. The molecule has 22 heavy (non-hydrogen) atoms. The first-order valence-corrected chi connectivity index (χ1v) is 7.30. The lowest BCUT2D eigenvalue weighted by Gasteiger charge is -2.16. The van der Waals surface area contributed by atoms with E-state index in [1.165, 1.54) is 37.6 Å². The first-order valence-electron chi connectivity index (χ1n) is 6.52. The number of esters is 1. The highest BCUT2D eigenvalue weighted by atomic mass is 32.1. The summed E-state index contributed by atoms with van der Waals surface area (Å²) in [4.78, 5) is 17.8. The van der Waals surface area contributed by atoms with Crippen molar-refractivity contribution in [2.45, 2.75) is 6.92 Å². The smallest absolute Gasteiger partial charge is 0.357 e. The van der Waals surface area contributed by atoms with E-state index in [-0.39, 0.29) is 5.70 Å². The van der Waals surface area contributed by atoms with Crippen molar-refractivity contribution in [2.75, 3.05) is 26.2 Å². The van der Waals surface area contributed by atoms with Crippen LogP contribution in [0.1, 0.15) is 5.56 Å². The minimum atomic E-state index is -0.503. The largest absolute Gasteiger partial charge is 0.502 e. The Balaban J connectivity index is 2.28. The van der Waals surface area contributed by atoms with Crippen molar-refractivity contribution in [3.8, 4) is 11.4 Å². The van der Waals surface area contributed by atoms with Crippen molar-refractivity contribution in [1.29, 1.82) is 0 Å². The molecule has 0 bridgehead atoms. The molecule has 0 atom stereocenters. The predicted octanol–water partition coefficient (Wildman–Crippen LogP) is 2.61. The molecular formula is C15H17N3O3S. The van der Waals surface area contributed by atoms with Gasteiger partial charge in [-0.05, 0) is 6.92 Å². The number of likely N-dealkylation sites (N-methyl/N-ethyl adjacent to an activating group) is 1. The van der Waals surface area contributed by atoms with Crippen LogP contribution in [0, 0.1) is 6.92 Å². The molecule has 1 heterocycles. The third kappa shape index (κ3) is 3.43. The zero-order valence-electron chi connectivity index (χ0n) is 12.9. The average molecular weight is 319 g/mol. The van der Waals surface area contributed by atoms with Crippen molar-refractivity contribution in [2.24, 2.45) is 0 Å².